The van der Waals surface area contributed by atoms with Gasteiger partial charge in [-0.15, -0.1) is 0 Å². The fourth-order valence-corrected chi connectivity index (χ4v) is 2.92. The Morgan fingerprint density at radius 3 is 2.86 bits per heavy atom. The number of aromatic nitrogens is 1. The second-order valence-electron chi connectivity index (χ2n) is 6.79. The standard InChI is InChI=1S/C18H22N2O2/c1-18(2,3)22-17(21)20-10-6-9-16(20)14-11-13-7-4-5-8-15(13)19-12-14/h4-5,7-8,11-12,16H,6,9-10H2,1-3H3. The average molecular weight is 298 g/mol. The summed E-state index contributed by atoms with van der Waals surface area (Å²) in [6, 6.07) is 10.2. The van der Waals surface area contributed by atoms with E-state index < -0.39 is 5.60 Å². The van der Waals surface area contributed by atoms with Crippen LogP contribution in [0.4, 0.5) is 4.79 Å². The third-order valence-electron chi connectivity index (χ3n) is 3.88. The molecule has 1 aromatic heterocycles. The Balaban J connectivity index is 1.86. The van der Waals surface area contributed by atoms with Crippen molar-refractivity contribution in [2.24, 2.45) is 0 Å². The molecule has 1 atom stereocenters. The highest BCUT2D eigenvalue weighted by Crippen LogP contribution is 2.33. The SMILES string of the molecule is CC(C)(C)OC(=O)N1CCCC1c1cnc2ccccc2c1. The number of para-hydroxylation sites is 1. The number of rotatable bonds is 1. The molecule has 1 aromatic carbocycles. The molecule has 1 aliphatic heterocycles. The minimum atomic E-state index is -0.466. The van der Waals surface area contributed by atoms with Crippen molar-refractivity contribution < 1.29 is 9.53 Å². The molecule has 0 aliphatic carbocycles. The number of fused-ring (bicyclic) bond motifs is 1. The van der Waals surface area contributed by atoms with Gasteiger partial charge in [-0.2, -0.15) is 0 Å². The molecule has 1 saturated heterocycles. The Bertz CT molecular complexity index is 691. The van der Waals surface area contributed by atoms with Crippen LogP contribution in [0.5, 0.6) is 0 Å². The number of benzene rings is 1. The number of likely N-dealkylation sites (tertiary alicyclic amines) is 1. The molecule has 3 rings (SSSR count). The highest BCUT2D eigenvalue weighted by atomic mass is 16.6. The predicted octanol–water partition coefficient (Wildman–Crippen LogP) is 4.31. The molecular formula is C18H22N2O2. The zero-order chi connectivity index (χ0) is 15.7. The lowest BCUT2D eigenvalue weighted by atomic mass is 10.0. The predicted molar refractivity (Wildman–Crippen MR) is 86.7 cm³/mol. The van der Waals surface area contributed by atoms with Gasteiger partial charge < -0.3 is 9.64 Å². The van der Waals surface area contributed by atoms with E-state index in [1.807, 2.05) is 50.1 Å². The molecule has 1 amide bonds. The second-order valence-corrected chi connectivity index (χ2v) is 6.79. The first-order valence-corrected chi connectivity index (χ1v) is 7.78. The Morgan fingerprint density at radius 1 is 1.32 bits per heavy atom. The molecule has 0 radical (unpaired) electrons. The van der Waals surface area contributed by atoms with Crippen molar-refractivity contribution in [3.05, 3.63) is 42.1 Å². The summed E-state index contributed by atoms with van der Waals surface area (Å²) in [5.74, 6) is 0. The number of carbonyl (C=O) groups is 1. The molecule has 1 unspecified atom stereocenters. The maximum absolute atomic E-state index is 12.4. The molecule has 0 spiro atoms. The molecule has 116 valence electrons. The summed E-state index contributed by atoms with van der Waals surface area (Å²) in [7, 11) is 0. The van der Waals surface area contributed by atoms with E-state index in [0.29, 0.717) is 0 Å². The van der Waals surface area contributed by atoms with Crippen LogP contribution in [0.1, 0.15) is 45.2 Å². The summed E-state index contributed by atoms with van der Waals surface area (Å²) in [6.45, 7) is 6.43. The van der Waals surface area contributed by atoms with Gasteiger partial charge >= 0.3 is 6.09 Å². The molecular weight excluding hydrogens is 276 g/mol. The number of hydrogen-bond donors (Lipinski definition) is 0. The van der Waals surface area contributed by atoms with Gasteiger partial charge in [0.15, 0.2) is 0 Å². The molecule has 2 aromatic rings. The average Bonchev–Trinajstić information content (AvgIpc) is 2.94. The summed E-state index contributed by atoms with van der Waals surface area (Å²) in [6.07, 6.45) is 3.61. The monoisotopic (exact) mass is 298 g/mol. The fraction of sp³-hybridized carbons (Fsp3) is 0.444. The van der Waals surface area contributed by atoms with Crippen molar-refractivity contribution in [3.8, 4) is 0 Å². The normalized spacial score (nSPS) is 18.7. The van der Waals surface area contributed by atoms with Crippen molar-refractivity contribution in [2.45, 2.75) is 45.3 Å². The lowest BCUT2D eigenvalue weighted by molar-refractivity contribution is 0.0224. The van der Waals surface area contributed by atoms with Crippen molar-refractivity contribution in [3.63, 3.8) is 0 Å². The minimum Gasteiger partial charge on any atom is -0.444 e. The number of hydrogen-bond acceptors (Lipinski definition) is 3. The summed E-state index contributed by atoms with van der Waals surface area (Å²) >= 11 is 0. The third kappa shape index (κ3) is 3.06. The Labute approximate surface area is 131 Å². The van der Waals surface area contributed by atoms with Crippen LogP contribution in [-0.2, 0) is 4.74 Å². The molecule has 1 aliphatic rings. The molecule has 1 fully saturated rings. The van der Waals surface area contributed by atoms with Crippen LogP contribution in [0.25, 0.3) is 10.9 Å². The largest absolute Gasteiger partial charge is 0.444 e. The van der Waals surface area contributed by atoms with Crippen LogP contribution in [0, 0.1) is 0 Å². The van der Waals surface area contributed by atoms with Gasteiger partial charge in [-0.25, -0.2) is 4.79 Å². The van der Waals surface area contributed by atoms with Crippen LogP contribution in [-0.4, -0.2) is 28.1 Å². The number of pyridine rings is 1. The van der Waals surface area contributed by atoms with Crippen molar-refractivity contribution in [2.75, 3.05) is 6.54 Å². The van der Waals surface area contributed by atoms with E-state index in [-0.39, 0.29) is 12.1 Å². The van der Waals surface area contributed by atoms with Gasteiger partial charge in [0.25, 0.3) is 0 Å². The number of carbonyl (C=O) groups excluding carboxylic acids is 1. The molecule has 22 heavy (non-hydrogen) atoms. The first-order valence-electron chi connectivity index (χ1n) is 7.78. The topological polar surface area (TPSA) is 42.4 Å². The zero-order valence-corrected chi connectivity index (χ0v) is 13.4. The van der Waals surface area contributed by atoms with Gasteiger partial charge in [0.2, 0.25) is 0 Å². The van der Waals surface area contributed by atoms with Gasteiger partial charge in [0.05, 0.1) is 11.6 Å². The van der Waals surface area contributed by atoms with Crippen LogP contribution in [0.2, 0.25) is 0 Å². The molecule has 2 heterocycles. The van der Waals surface area contributed by atoms with E-state index in [1.54, 1.807) is 0 Å². The van der Waals surface area contributed by atoms with Crippen molar-refractivity contribution >= 4 is 17.0 Å². The van der Waals surface area contributed by atoms with Gasteiger partial charge in [0.1, 0.15) is 5.60 Å². The number of ether oxygens (including phenoxy) is 1. The number of amides is 1. The highest BCUT2D eigenvalue weighted by Gasteiger charge is 2.33. The van der Waals surface area contributed by atoms with E-state index in [9.17, 15) is 4.79 Å². The summed E-state index contributed by atoms with van der Waals surface area (Å²) in [5.41, 5.74) is 1.60. The van der Waals surface area contributed by atoms with E-state index >= 15 is 0 Å². The van der Waals surface area contributed by atoms with Crippen molar-refractivity contribution in [1.29, 1.82) is 0 Å². The molecule has 0 N–H and O–H groups in total. The summed E-state index contributed by atoms with van der Waals surface area (Å²) in [5, 5.41) is 1.11. The summed E-state index contributed by atoms with van der Waals surface area (Å²) in [4.78, 5) is 18.7. The Morgan fingerprint density at radius 2 is 2.09 bits per heavy atom. The maximum atomic E-state index is 12.4. The van der Waals surface area contributed by atoms with Gasteiger partial charge in [0, 0.05) is 18.1 Å². The third-order valence-corrected chi connectivity index (χ3v) is 3.88. The van der Waals surface area contributed by atoms with Crippen LogP contribution >= 0.6 is 0 Å². The van der Waals surface area contributed by atoms with Gasteiger partial charge in [-0.3, -0.25) is 4.98 Å². The Hall–Kier alpha value is -2.10. The first kappa shape index (κ1) is 14.8. The van der Waals surface area contributed by atoms with E-state index in [4.69, 9.17) is 4.74 Å². The van der Waals surface area contributed by atoms with Crippen LogP contribution < -0.4 is 0 Å². The van der Waals surface area contributed by atoms with E-state index in [1.165, 1.54) is 0 Å². The quantitative estimate of drug-likeness (QED) is 0.788. The molecule has 4 heteroatoms. The second kappa shape index (κ2) is 5.59. The molecule has 4 nitrogen and oxygen atoms in total. The lowest BCUT2D eigenvalue weighted by Crippen LogP contribution is -2.36. The highest BCUT2D eigenvalue weighted by molar-refractivity contribution is 5.79. The van der Waals surface area contributed by atoms with Crippen molar-refractivity contribution in [1.82, 2.24) is 9.88 Å². The van der Waals surface area contributed by atoms with E-state index in [2.05, 4.69) is 17.1 Å². The fourth-order valence-electron chi connectivity index (χ4n) is 2.92. The van der Waals surface area contributed by atoms with Gasteiger partial charge in [-0.1, -0.05) is 18.2 Å². The molecule has 0 bridgehead atoms. The smallest absolute Gasteiger partial charge is 0.410 e. The Kier molecular flexibility index (Phi) is 3.77. The van der Waals surface area contributed by atoms with Gasteiger partial charge in [-0.05, 0) is 51.3 Å². The first-order chi connectivity index (χ1) is 10.4. The maximum Gasteiger partial charge on any atom is 0.410 e. The van der Waals surface area contributed by atoms with E-state index in [0.717, 1.165) is 35.9 Å². The van der Waals surface area contributed by atoms with Crippen LogP contribution in [0.3, 0.4) is 0 Å². The summed E-state index contributed by atoms with van der Waals surface area (Å²) < 4.78 is 5.53. The zero-order valence-electron chi connectivity index (χ0n) is 13.4. The minimum absolute atomic E-state index is 0.0620. The molecule has 0 saturated carbocycles. The lowest BCUT2D eigenvalue weighted by Gasteiger charge is -2.28. The van der Waals surface area contributed by atoms with Crippen LogP contribution in [0.15, 0.2) is 36.5 Å². The number of nitrogens with zero attached hydrogens (tertiary/aromatic N) is 2.